The molecule has 0 aliphatic heterocycles. The van der Waals surface area contributed by atoms with Gasteiger partial charge < -0.3 is 0 Å². The zero-order chi connectivity index (χ0) is 11.8. The zero-order valence-corrected chi connectivity index (χ0v) is 12.2. The third-order valence-electron chi connectivity index (χ3n) is 3.37. The second-order valence-electron chi connectivity index (χ2n) is 4.90. The summed E-state index contributed by atoms with van der Waals surface area (Å²) in [5.74, 6) is 0. The zero-order valence-electron chi connectivity index (χ0n) is 10.4. The Labute approximate surface area is 103 Å². The number of aryl methyl sites for hydroxylation is 2. The van der Waals surface area contributed by atoms with Crippen molar-refractivity contribution in [3.05, 3.63) is 46.8 Å². The molecule has 0 saturated heterocycles. The Kier molecular flexibility index (Phi) is 3.04. The summed E-state index contributed by atoms with van der Waals surface area (Å²) >= 11 is 1.90. The van der Waals surface area contributed by atoms with Gasteiger partial charge >= 0.3 is 0 Å². The quantitative estimate of drug-likeness (QED) is 0.714. The first-order valence-electron chi connectivity index (χ1n) is 5.63. The minimum absolute atomic E-state index is 1.39. The molecule has 2 rings (SSSR count). The molecule has 16 heavy (non-hydrogen) atoms. The lowest BCUT2D eigenvalue weighted by Gasteiger charge is -2.22. The van der Waals surface area contributed by atoms with Gasteiger partial charge in [-0.15, -0.1) is 0 Å². The van der Waals surface area contributed by atoms with Crippen LogP contribution in [0.15, 0.2) is 35.7 Å². The Morgan fingerprint density at radius 1 is 1.00 bits per heavy atom. The van der Waals surface area contributed by atoms with Crippen molar-refractivity contribution in [3.8, 4) is 0 Å². The monoisotopic (exact) mass is 246 g/mol. The molecule has 0 saturated carbocycles. The topological polar surface area (TPSA) is 0 Å². The van der Waals surface area contributed by atoms with Crippen LogP contribution in [0.1, 0.15) is 11.1 Å². The van der Waals surface area contributed by atoms with Crippen LogP contribution in [-0.4, -0.2) is 8.07 Å². The second kappa shape index (κ2) is 4.19. The molecule has 1 aromatic carbocycles. The third-order valence-corrected chi connectivity index (χ3v) is 9.09. The van der Waals surface area contributed by atoms with Gasteiger partial charge in [0.25, 0.3) is 0 Å². The molecule has 0 amide bonds. The van der Waals surface area contributed by atoms with Crippen molar-refractivity contribution in [2.24, 2.45) is 0 Å². The number of benzene rings is 1. The van der Waals surface area contributed by atoms with Crippen molar-refractivity contribution in [1.82, 2.24) is 0 Å². The van der Waals surface area contributed by atoms with Gasteiger partial charge in [-0.05, 0) is 34.9 Å². The third kappa shape index (κ3) is 2.00. The highest BCUT2D eigenvalue weighted by molar-refractivity contribution is 7.27. The van der Waals surface area contributed by atoms with E-state index in [1.807, 2.05) is 11.3 Å². The number of hydrogen-bond acceptors (Lipinski definition) is 1. The van der Waals surface area contributed by atoms with E-state index in [1.54, 1.807) is 4.50 Å². The summed E-state index contributed by atoms with van der Waals surface area (Å²) in [7, 11) is -1.44. The van der Waals surface area contributed by atoms with Gasteiger partial charge in [0, 0.05) is 0 Å². The number of hydrogen-bond donors (Lipinski definition) is 0. The van der Waals surface area contributed by atoms with Crippen LogP contribution < -0.4 is 9.69 Å². The van der Waals surface area contributed by atoms with Crippen LogP contribution in [0.4, 0.5) is 0 Å². The molecular formula is C14H18SSi. The van der Waals surface area contributed by atoms with Gasteiger partial charge in [-0.1, -0.05) is 48.6 Å². The van der Waals surface area contributed by atoms with E-state index in [2.05, 4.69) is 62.7 Å². The SMILES string of the molecule is Cc1ccc([Si](C)(C)c2cccs2)cc1C. The first kappa shape index (κ1) is 11.6. The molecule has 0 radical (unpaired) electrons. The van der Waals surface area contributed by atoms with Crippen molar-refractivity contribution in [2.45, 2.75) is 26.9 Å². The Balaban J connectivity index is 2.47. The molecule has 0 aliphatic carbocycles. The minimum atomic E-state index is -1.44. The maximum Gasteiger partial charge on any atom is 0.124 e. The van der Waals surface area contributed by atoms with E-state index in [4.69, 9.17) is 0 Å². The molecule has 0 atom stereocenters. The summed E-state index contributed by atoms with van der Waals surface area (Å²) in [5.41, 5.74) is 2.80. The minimum Gasteiger partial charge on any atom is -0.153 e. The largest absolute Gasteiger partial charge is 0.153 e. The molecular weight excluding hydrogens is 228 g/mol. The first-order valence-corrected chi connectivity index (χ1v) is 9.51. The summed E-state index contributed by atoms with van der Waals surface area (Å²) in [6.45, 7) is 9.25. The van der Waals surface area contributed by atoms with Gasteiger partial charge in [0.2, 0.25) is 0 Å². The second-order valence-corrected chi connectivity index (χ2v) is 10.6. The van der Waals surface area contributed by atoms with Crippen molar-refractivity contribution >= 4 is 29.1 Å². The Bertz CT molecular complexity index is 483. The van der Waals surface area contributed by atoms with Crippen LogP contribution in [-0.2, 0) is 0 Å². The number of rotatable bonds is 2. The van der Waals surface area contributed by atoms with Gasteiger partial charge in [-0.2, -0.15) is 11.3 Å². The van der Waals surface area contributed by atoms with Gasteiger partial charge in [-0.3, -0.25) is 0 Å². The molecule has 0 N–H and O–H groups in total. The van der Waals surface area contributed by atoms with Crippen molar-refractivity contribution < 1.29 is 0 Å². The smallest absolute Gasteiger partial charge is 0.124 e. The standard InChI is InChI=1S/C14H18SSi/c1-11-7-8-13(10-12(11)2)16(3,4)14-6-5-9-15-14/h5-10H,1-4H3. The highest BCUT2D eigenvalue weighted by Gasteiger charge is 2.27. The highest BCUT2D eigenvalue weighted by Crippen LogP contribution is 2.11. The molecule has 0 spiro atoms. The lowest BCUT2D eigenvalue weighted by molar-refractivity contribution is 1.35. The van der Waals surface area contributed by atoms with Crippen LogP contribution >= 0.6 is 11.3 Å². The summed E-state index contributed by atoms with van der Waals surface area (Å²) in [4.78, 5) is 0. The molecule has 2 aromatic rings. The average Bonchev–Trinajstić information content (AvgIpc) is 2.75. The van der Waals surface area contributed by atoms with Gasteiger partial charge in [0.15, 0.2) is 0 Å². The normalized spacial score (nSPS) is 11.8. The summed E-state index contributed by atoms with van der Waals surface area (Å²) in [6.07, 6.45) is 0. The Hall–Kier alpha value is -0.863. The highest BCUT2D eigenvalue weighted by atomic mass is 32.1. The van der Waals surface area contributed by atoms with Crippen LogP contribution in [0, 0.1) is 13.8 Å². The van der Waals surface area contributed by atoms with Crippen molar-refractivity contribution in [3.63, 3.8) is 0 Å². The molecule has 2 heteroatoms. The lowest BCUT2D eigenvalue weighted by atomic mass is 10.1. The fourth-order valence-electron chi connectivity index (χ4n) is 1.91. The molecule has 0 unspecified atom stereocenters. The predicted molar refractivity (Wildman–Crippen MR) is 77.0 cm³/mol. The maximum absolute atomic E-state index is 2.43. The van der Waals surface area contributed by atoms with Crippen LogP contribution in [0.2, 0.25) is 13.1 Å². The molecule has 0 bridgehead atoms. The van der Waals surface area contributed by atoms with E-state index >= 15 is 0 Å². The van der Waals surface area contributed by atoms with E-state index < -0.39 is 8.07 Å². The van der Waals surface area contributed by atoms with Crippen LogP contribution in [0.5, 0.6) is 0 Å². The van der Waals surface area contributed by atoms with Gasteiger partial charge in [0.05, 0.1) is 0 Å². The van der Waals surface area contributed by atoms with E-state index in [1.165, 1.54) is 16.3 Å². The molecule has 0 fully saturated rings. The van der Waals surface area contributed by atoms with Crippen LogP contribution in [0.25, 0.3) is 0 Å². The lowest BCUT2D eigenvalue weighted by Crippen LogP contribution is -2.51. The van der Waals surface area contributed by atoms with E-state index in [0.717, 1.165) is 0 Å². The fraction of sp³-hybridized carbons (Fsp3) is 0.286. The van der Waals surface area contributed by atoms with E-state index in [0.29, 0.717) is 0 Å². The van der Waals surface area contributed by atoms with E-state index in [-0.39, 0.29) is 0 Å². The Morgan fingerprint density at radius 2 is 1.75 bits per heavy atom. The fourth-order valence-corrected chi connectivity index (χ4v) is 5.98. The molecule has 1 aromatic heterocycles. The van der Waals surface area contributed by atoms with Crippen molar-refractivity contribution in [1.29, 1.82) is 0 Å². The molecule has 0 aliphatic rings. The molecule has 84 valence electrons. The average molecular weight is 246 g/mol. The van der Waals surface area contributed by atoms with Gasteiger partial charge in [0.1, 0.15) is 8.07 Å². The molecule has 0 nitrogen and oxygen atoms in total. The molecule has 1 heterocycles. The van der Waals surface area contributed by atoms with E-state index in [9.17, 15) is 0 Å². The maximum atomic E-state index is 2.43. The predicted octanol–water partition coefficient (Wildman–Crippen LogP) is 3.19. The van der Waals surface area contributed by atoms with Gasteiger partial charge in [-0.25, -0.2) is 0 Å². The number of thiophene rings is 1. The summed E-state index contributed by atoms with van der Waals surface area (Å²) in [6, 6.07) is 11.4. The summed E-state index contributed by atoms with van der Waals surface area (Å²) in [5, 5.41) is 3.73. The van der Waals surface area contributed by atoms with Crippen LogP contribution in [0.3, 0.4) is 0 Å². The summed E-state index contributed by atoms with van der Waals surface area (Å²) < 4.78 is 1.57. The Morgan fingerprint density at radius 3 is 2.31 bits per heavy atom. The van der Waals surface area contributed by atoms with Crippen molar-refractivity contribution in [2.75, 3.05) is 0 Å². The first-order chi connectivity index (χ1) is 7.51.